The highest BCUT2D eigenvalue weighted by atomic mass is 19.4. The summed E-state index contributed by atoms with van der Waals surface area (Å²) in [6.07, 6.45) is -3.86. The zero-order valence-electron chi connectivity index (χ0n) is 11.0. The van der Waals surface area contributed by atoms with Crippen LogP contribution in [0.3, 0.4) is 0 Å². The average molecular weight is 310 g/mol. The first-order chi connectivity index (χ1) is 10.2. The lowest BCUT2D eigenvalue weighted by Crippen LogP contribution is -2.28. The molecule has 0 saturated heterocycles. The molecule has 0 aliphatic rings. The third kappa shape index (κ3) is 2.52. The van der Waals surface area contributed by atoms with Crippen molar-refractivity contribution in [1.29, 1.82) is 0 Å². The van der Waals surface area contributed by atoms with Crippen LogP contribution in [0.2, 0.25) is 0 Å². The van der Waals surface area contributed by atoms with Gasteiger partial charge in [-0.15, -0.1) is 0 Å². The number of carbonyl (C=O) groups is 1. The van der Waals surface area contributed by atoms with Crippen LogP contribution in [0.25, 0.3) is 16.5 Å². The Morgan fingerprint density at radius 2 is 1.95 bits per heavy atom. The standard InChI is InChI=1S/C15H9F3O4/c1-3-7(2)8-4-5-9-10(6-8)22-14(21)11(12(9)19)13(20)15(16,17)18/h3-6,19H,1-2H2. The Morgan fingerprint density at radius 3 is 2.50 bits per heavy atom. The molecule has 1 aromatic carbocycles. The Hall–Kier alpha value is -2.83. The SMILES string of the molecule is C=CC(=C)c1ccc2c(O)c(C(=O)C(F)(F)F)c(=O)oc2c1. The van der Waals surface area contributed by atoms with E-state index in [1.807, 2.05) is 0 Å². The molecule has 0 aliphatic carbocycles. The number of alkyl halides is 3. The molecule has 2 rings (SSSR count). The van der Waals surface area contributed by atoms with E-state index in [1.54, 1.807) is 0 Å². The van der Waals surface area contributed by atoms with Crippen LogP contribution >= 0.6 is 0 Å². The Bertz CT molecular complexity index is 859. The minimum absolute atomic E-state index is 0.165. The van der Waals surface area contributed by atoms with Crippen molar-refractivity contribution in [3.05, 3.63) is 59.0 Å². The molecular formula is C15H9F3O4. The summed E-state index contributed by atoms with van der Waals surface area (Å²) in [6.45, 7) is 7.18. The number of hydrogen-bond donors (Lipinski definition) is 1. The fourth-order valence-corrected chi connectivity index (χ4v) is 1.84. The van der Waals surface area contributed by atoms with Gasteiger partial charge in [0.1, 0.15) is 11.3 Å². The summed E-state index contributed by atoms with van der Waals surface area (Å²) in [4.78, 5) is 22.8. The summed E-state index contributed by atoms with van der Waals surface area (Å²) in [7, 11) is 0. The summed E-state index contributed by atoms with van der Waals surface area (Å²) in [6, 6.07) is 3.97. The maximum atomic E-state index is 12.4. The van der Waals surface area contributed by atoms with E-state index in [9.17, 15) is 27.9 Å². The van der Waals surface area contributed by atoms with E-state index in [-0.39, 0.29) is 11.0 Å². The van der Waals surface area contributed by atoms with Crippen molar-refractivity contribution < 1.29 is 27.5 Å². The second-order valence-corrected chi connectivity index (χ2v) is 4.38. The first-order valence-corrected chi connectivity index (χ1v) is 5.90. The highest BCUT2D eigenvalue weighted by Gasteiger charge is 2.43. The van der Waals surface area contributed by atoms with Crippen molar-refractivity contribution in [3.8, 4) is 5.75 Å². The average Bonchev–Trinajstić information content (AvgIpc) is 2.44. The highest BCUT2D eigenvalue weighted by molar-refractivity contribution is 6.05. The first-order valence-electron chi connectivity index (χ1n) is 5.90. The number of aromatic hydroxyl groups is 1. The molecule has 2 aromatic rings. The van der Waals surface area contributed by atoms with Crippen molar-refractivity contribution >= 4 is 22.3 Å². The lowest BCUT2D eigenvalue weighted by Gasteiger charge is -2.09. The smallest absolute Gasteiger partial charge is 0.455 e. The van der Waals surface area contributed by atoms with Crippen molar-refractivity contribution in [2.24, 2.45) is 0 Å². The molecule has 0 bridgehead atoms. The molecule has 0 aliphatic heterocycles. The van der Waals surface area contributed by atoms with Crippen LogP contribution in [0.1, 0.15) is 15.9 Å². The number of halogens is 3. The largest absolute Gasteiger partial charge is 0.506 e. The van der Waals surface area contributed by atoms with Gasteiger partial charge in [0.05, 0.1) is 5.39 Å². The molecule has 1 N–H and O–H groups in total. The van der Waals surface area contributed by atoms with Crippen molar-refractivity contribution in [2.75, 3.05) is 0 Å². The van der Waals surface area contributed by atoms with E-state index >= 15 is 0 Å². The van der Waals surface area contributed by atoms with Gasteiger partial charge in [0, 0.05) is 0 Å². The van der Waals surface area contributed by atoms with Crippen LogP contribution < -0.4 is 5.63 Å². The second-order valence-electron chi connectivity index (χ2n) is 4.38. The number of Topliss-reactive ketones (excluding diaryl/α,β-unsaturated/α-hetero) is 1. The zero-order chi connectivity index (χ0) is 16.7. The molecule has 7 heteroatoms. The van der Waals surface area contributed by atoms with Gasteiger partial charge in [-0.3, -0.25) is 4.79 Å². The third-order valence-corrected chi connectivity index (χ3v) is 2.98. The molecular weight excluding hydrogens is 301 g/mol. The molecule has 22 heavy (non-hydrogen) atoms. The van der Waals surface area contributed by atoms with E-state index < -0.39 is 28.9 Å². The summed E-state index contributed by atoms with van der Waals surface area (Å²) < 4.78 is 42.1. The predicted molar refractivity (Wildman–Crippen MR) is 73.8 cm³/mol. The lowest BCUT2D eigenvalue weighted by atomic mass is 10.0. The molecule has 0 spiro atoms. The van der Waals surface area contributed by atoms with Gasteiger partial charge in [0.2, 0.25) is 0 Å². The van der Waals surface area contributed by atoms with Crippen LogP contribution in [-0.4, -0.2) is 17.1 Å². The molecule has 1 heterocycles. The number of benzene rings is 1. The summed E-state index contributed by atoms with van der Waals surface area (Å²) in [5.41, 5.74) is -2.18. The van der Waals surface area contributed by atoms with Gasteiger partial charge in [-0.2, -0.15) is 13.2 Å². The minimum Gasteiger partial charge on any atom is -0.506 e. The van der Waals surface area contributed by atoms with E-state index in [2.05, 4.69) is 13.2 Å². The van der Waals surface area contributed by atoms with Crippen LogP contribution in [0.15, 0.2) is 46.6 Å². The number of fused-ring (bicyclic) bond motifs is 1. The highest BCUT2D eigenvalue weighted by Crippen LogP contribution is 2.32. The normalized spacial score (nSPS) is 11.4. The number of ketones is 1. The Morgan fingerprint density at radius 1 is 1.32 bits per heavy atom. The molecule has 0 radical (unpaired) electrons. The minimum atomic E-state index is -5.29. The van der Waals surface area contributed by atoms with Gasteiger partial charge >= 0.3 is 11.8 Å². The fourth-order valence-electron chi connectivity index (χ4n) is 1.84. The Kier molecular flexibility index (Phi) is 3.66. The van der Waals surface area contributed by atoms with Gasteiger partial charge < -0.3 is 9.52 Å². The van der Waals surface area contributed by atoms with Crippen molar-refractivity contribution in [2.45, 2.75) is 6.18 Å². The van der Waals surface area contributed by atoms with Crippen LogP contribution in [0.5, 0.6) is 5.75 Å². The maximum absolute atomic E-state index is 12.4. The monoisotopic (exact) mass is 310 g/mol. The molecule has 1 aromatic heterocycles. The van der Waals surface area contributed by atoms with E-state index in [0.29, 0.717) is 11.1 Å². The van der Waals surface area contributed by atoms with Gasteiger partial charge in [-0.25, -0.2) is 4.79 Å². The predicted octanol–water partition coefficient (Wildman–Crippen LogP) is 3.44. The first kappa shape index (κ1) is 15.6. The maximum Gasteiger partial charge on any atom is 0.455 e. The van der Waals surface area contributed by atoms with Crippen molar-refractivity contribution in [1.82, 2.24) is 0 Å². The molecule has 0 amide bonds. The summed E-state index contributed by atoms with van der Waals surface area (Å²) >= 11 is 0. The Labute approximate surface area is 121 Å². The molecule has 0 unspecified atom stereocenters. The van der Waals surface area contributed by atoms with Crippen LogP contribution in [-0.2, 0) is 0 Å². The summed E-state index contributed by atoms with van der Waals surface area (Å²) in [5.74, 6) is -3.52. The fraction of sp³-hybridized carbons (Fsp3) is 0.0667. The lowest BCUT2D eigenvalue weighted by molar-refractivity contribution is -0.0888. The molecule has 0 saturated carbocycles. The third-order valence-electron chi connectivity index (χ3n) is 2.98. The van der Waals surface area contributed by atoms with E-state index in [1.165, 1.54) is 24.3 Å². The topological polar surface area (TPSA) is 67.5 Å². The number of hydrogen-bond acceptors (Lipinski definition) is 4. The number of rotatable bonds is 3. The van der Waals surface area contributed by atoms with Gasteiger partial charge in [0.15, 0.2) is 5.56 Å². The van der Waals surface area contributed by atoms with Crippen LogP contribution in [0.4, 0.5) is 13.2 Å². The quantitative estimate of drug-likeness (QED) is 0.536. The van der Waals surface area contributed by atoms with Crippen molar-refractivity contribution in [3.63, 3.8) is 0 Å². The Balaban J connectivity index is 2.75. The van der Waals surface area contributed by atoms with E-state index in [0.717, 1.165) is 0 Å². The van der Waals surface area contributed by atoms with Crippen LogP contribution in [0, 0.1) is 0 Å². The van der Waals surface area contributed by atoms with Gasteiger partial charge in [-0.1, -0.05) is 25.3 Å². The van der Waals surface area contributed by atoms with E-state index in [4.69, 9.17) is 4.42 Å². The number of carbonyl (C=O) groups excluding carboxylic acids is 1. The summed E-state index contributed by atoms with van der Waals surface area (Å²) in [5, 5.41) is 9.64. The molecule has 4 nitrogen and oxygen atoms in total. The number of allylic oxidation sites excluding steroid dienone is 2. The van der Waals surface area contributed by atoms with Gasteiger partial charge in [-0.05, 0) is 23.3 Å². The molecule has 0 atom stereocenters. The zero-order valence-corrected chi connectivity index (χ0v) is 11.0. The molecule has 114 valence electrons. The van der Waals surface area contributed by atoms with Gasteiger partial charge in [0.25, 0.3) is 5.78 Å². The second kappa shape index (κ2) is 5.18. The molecule has 0 fully saturated rings.